The molecule has 158 valence electrons. The molecule has 0 aliphatic carbocycles. The minimum Gasteiger partial charge on any atom is -0.493 e. The van der Waals surface area contributed by atoms with Crippen LogP contribution in [0.1, 0.15) is 30.7 Å². The average Bonchev–Trinajstić information content (AvgIpc) is 3.45. The maximum Gasteiger partial charge on any atom is 0.191 e. The molecular weight excluding hydrogens is 384 g/mol. The van der Waals surface area contributed by atoms with E-state index in [1.54, 1.807) is 14.2 Å². The van der Waals surface area contributed by atoms with Gasteiger partial charge in [0.05, 0.1) is 19.7 Å². The van der Waals surface area contributed by atoms with Crippen LogP contribution in [0.3, 0.4) is 0 Å². The first kappa shape index (κ1) is 21.5. The molecule has 1 aromatic heterocycles. The van der Waals surface area contributed by atoms with Gasteiger partial charge in [-0.3, -0.25) is 9.89 Å². The van der Waals surface area contributed by atoms with Crippen LogP contribution in [0.5, 0.6) is 11.5 Å². The third-order valence-electron chi connectivity index (χ3n) is 5.09. The fourth-order valence-electron chi connectivity index (χ4n) is 3.57. The lowest BCUT2D eigenvalue weighted by atomic mass is 10.2. The van der Waals surface area contributed by atoms with E-state index in [4.69, 9.17) is 9.47 Å². The predicted octanol–water partition coefficient (Wildman–Crippen LogP) is 3.53. The van der Waals surface area contributed by atoms with Crippen LogP contribution in [0.25, 0.3) is 0 Å². The van der Waals surface area contributed by atoms with Crippen LogP contribution in [0, 0.1) is 0 Å². The summed E-state index contributed by atoms with van der Waals surface area (Å²) in [5, 5.41) is 9.03. The largest absolute Gasteiger partial charge is 0.493 e. The Labute approximate surface area is 177 Å². The molecule has 0 amide bonds. The molecule has 2 N–H and O–H groups in total. The number of aliphatic imine (C=N–C) groups is 1. The first-order valence-electron chi connectivity index (χ1n) is 10.2. The molecule has 1 fully saturated rings. The molecule has 2 unspecified atom stereocenters. The Kier molecular flexibility index (Phi) is 8.19. The van der Waals surface area contributed by atoms with Gasteiger partial charge >= 0.3 is 0 Å². The quantitative estimate of drug-likeness (QED) is 0.484. The smallest absolute Gasteiger partial charge is 0.191 e. The lowest BCUT2D eigenvalue weighted by Crippen LogP contribution is -2.45. The van der Waals surface area contributed by atoms with Crippen molar-refractivity contribution in [3.8, 4) is 11.5 Å². The van der Waals surface area contributed by atoms with Gasteiger partial charge in [0.15, 0.2) is 17.5 Å². The van der Waals surface area contributed by atoms with E-state index in [0.29, 0.717) is 12.6 Å². The Bertz CT molecular complexity index is 760. The molecule has 0 saturated carbocycles. The van der Waals surface area contributed by atoms with Gasteiger partial charge in [0.1, 0.15) is 6.10 Å². The number of thiophene rings is 1. The number of benzene rings is 1. The third-order valence-corrected chi connectivity index (χ3v) is 6.07. The first-order chi connectivity index (χ1) is 14.2. The van der Waals surface area contributed by atoms with Crippen LogP contribution in [0.15, 0.2) is 46.8 Å². The van der Waals surface area contributed by atoms with Gasteiger partial charge in [-0.05, 0) is 56.4 Å². The van der Waals surface area contributed by atoms with Gasteiger partial charge in [0.2, 0.25) is 0 Å². The fourth-order valence-corrected chi connectivity index (χ4v) is 4.43. The van der Waals surface area contributed by atoms with Crippen molar-refractivity contribution in [2.45, 2.75) is 31.9 Å². The van der Waals surface area contributed by atoms with Crippen molar-refractivity contribution in [3.63, 3.8) is 0 Å². The molecule has 1 aromatic carbocycles. The number of methoxy groups -OCH3 is 1. The van der Waals surface area contributed by atoms with E-state index in [0.717, 1.165) is 24.0 Å². The number of hydrogen-bond donors (Lipinski definition) is 2. The molecule has 0 bridgehead atoms. The van der Waals surface area contributed by atoms with E-state index in [9.17, 15) is 0 Å². The summed E-state index contributed by atoms with van der Waals surface area (Å²) in [5.74, 6) is 2.28. The molecule has 1 aliphatic heterocycles. The Morgan fingerprint density at radius 3 is 2.48 bits per heavy atom. The molecule has 3 rings (SSSR count). The lowest BCUT2D eigenvalue weighted by molar-refractivity contribution is 0.213. The van der Waals surface area contributed by atoms with E-state index in [1.807, 2.05) is 42.5 Å². The number of para-hydroxylation sites is 2. The molecule has 1 aliphatic rings. The first-order valence-corrected chi connectivity index (χ1v) is 11.1. The lowest BCUT2D eigenvalue weighted by Gasteiger charge is -2.28. The predicted molar refractivity (Wildman–Crippen MR) is 120 cm³/mol. The third kappa shape index (κ3) is 6.11. The van der Waals surface area contributed by atoms with Crippen LogP contribution in [-0.4, -0.2) is 57.3 Å². The molecule has 7 heteroatoms. The molecule has 0 radical (unpaired) electrons. The van der Waals surface area contributed by atoms with Crippen molar-refractivity contribution in [1.29, 1.82) is 0 Å². The van der Waals surface area contributed by atoms with Crippen molar-refractivity contribution in [2.24, 2.45) is 4.99 Å². The summed E-state index contributed by atoms with van der Waals surface area (Å²) in [7, 11) is 3.46. The summed E-state index contributed by atoms with van der Waals surface area (Å²) in [6, 6.07) is 12.5. The van der Waals surface area contributed by atoms with Gasteiger partial charge in [-0.15, -0.1) is 11.3 Å². The number of likely N-dealkylation sites (tertiary alicyclic amines) is 1. The zero-order valence-corrected chi connectivity index (χ0v) is 18.4. The van der Waals surface area contributed by atoms with Gasteiger partial charge in [-0.1, -0.05) is 18.2 Å². The number of nitrogens with one attached hydrogen (secondary N) is 2. The highest BCUT2D eigenvalue weighted by molar-refractivity contribution is 7.10. The second-order valence-corrected chi connectivity index (χ2v) is 8.17. The highest BCUT2D eigenvalue weighted by Crippen LogP contribution is 2.28. The van der Waals surface area contributed by atoms with E-state index in [-0.39, 0.29) is 6.10 Å². The zero-order chi connectivity index (χ0) is 20.5. The maximum absolute atomic E-state index is 6.02. The normalized spacial score (nSPS) is 17.0. The van der Waals surface area contributed by atoms with Crippen molar-refractivity contribution in [2.75, 3.05) is 40.3 Å². The monoisotopic (exact) mass is 416 g/mol. The van der Waals surface area contributed by atoms with Crippen LogP contribution in [-0.2, 0) is 0 Å². The van der Waals surface area contributed by atoms with Gasteiger partial charge < -0.3 is 20.1 Å². The Hall–Kier alpha value is -2.25. The average molecular weight is 417 g/mol. The van der Waals surface area contributed by atoms with Crippen LogP contribution in [0.2, 0.25) is 0 Å². The van der Waals surface area contributed by atoms with E-state index < -0.39 is 0 Å². The minimum absolute atomic E-state index is 0.0310. The van der Waals surface area contributed by atoms with E-state index in [2.05, 4.69) is 38.0 Å². The standard InChI is InChI=1S/C22H32N4O2S/c1-17(28-20-10-5-4-9-19(20)27-3)15-24-22(23-2)25-16-18(21-11-8-14-29-21)26-12-6-7-13-26/h4-5,8-11,14,17-18H,6-7,12-13,15-16H2,1-3H3,(H2,23,24,25). The van der Waals surface area contributed by atoms with Crippen LogP contribution < -0.4 is 20.1 Å². The number of nitrogens with zero attached hydrogens (tertiary/aromatic N) is 2. The molecular formula is C22H32N4O2S. The van der Waals surface area contributed by atoms with E-state index in [1.165, 1.54) is 30.8 Å². The summed E-state index contributed by atoms with van der Waals surface area (Å²) >= 11 is 1.83. The Morgan fingerprint density at radius 1 is 1.10 bits per heavy atom. The molecule has 2 atom stereocenters. The maximum atomic E-state index is 6.02. The summed E-state index contributed by atoms with van der Waals surface area (Å²) in [4.78, 5) is 8.35. The van der Waals surface area contributed by atoms with Gasteiger partial charge in [-0.2, -0.15) is 0 Å². The molecule has 6 nitrogen and oxygen atoms in total. The van der Waals surface area contributed by atoms with Crippen molar-refractivity contribution in [3.05, 3.63) is 46.7 Å². The second kappa shape index (κ2) is 11.1. The highest BCUT2D eigenvalue weighted by Gasteiger charge is 2.24. The zero-order valence-electron chi connectivity index (χ0n) is 17.6. The number of guanidine groups is 1. The Morgan fingerprint density at radius 2 is 1.83 bits per heavy atom. The highest BCUT2D eigenvalue weighted by atomic mass is 32.1. The number of ether oxygens (including phenoxy) is 2. The summed E-state index contributed by atoms with van der Waals surface area (Å²) < 4.78 is 11.4. The second-order valence-electron chi connectivity index (χ2n) is 7.19. The molecule has 2 heterocycles. The fraction of sp³-hybridized carbons (Fsp3) is 0.500. The van der Waals surface area contributed by atoms with Gasteiger partial charge in [-0.25, -0.2) is 0 Å². The van der Waals surface area contributed by atoms with Gasteiger partial charge in [0, 0.05) is 18.5 Å². The van der Waals surface area contributed by atoms with Gasteiger partial charge in [0.25, 0.3) is 0 Å². The SMILES string of the molecule is CN=C(NCC(C)Oc1ccccc1OC)NCC(c1cccs1)N1CCCC1. The summed E-state index contributed by atoms with van der Waals surface area (Å²) in [6.45, 7) is 5.85. The number of rotatable bonds is 9. The molecule has 2 aromatic rings. The van der Waals surface area contributed by atoms with Crippen molar-refractivity contribution in [1.82, 2.24) is 15.5 Å². The summed E-state index contributed by atoms with van der Waals surface area (Å²) in [6.07, 6.45) is 2.54. The van der Waals surface area contributed by atoms with E-state index >= 15 is 0 Å². The van der Waals surface area contributed by atoms with Crippen molar-refractivity contribution < 1.29 is 9.47 Å². The Balaban J connectivity index is 1.50. The van der Waals surface area contributed by atoms with Crippen LogP contribution in [0.4, 0.5) is 0 Å². The summed E-state index contributed by atoms with van der Waals surface area (Å²) in [5.41, 5.74) is 0. The van der Waals surface area contributed by atoms with Crippen LogP contribution >= 0.6 is 11.3 Å². The minimum atomic E-state index is -0.0310. The molecule has 1 saturated heterocycles. The molecule has 0 spiro atoms. The topological polar surface area (TPSA) is 58.1 Å². The number of hydrogen-bond acceptors (Lipinski definition) is 5. The van der Waals surface area contributed by atoms with Crippen molar-refractivity contribution >= 4 is 17.3 Å². The molecule has 29 heavy (non-hydrogen) atoms.